The van der Waals surface area contributed by atoms with E-state index < -0.39 is 70.6 Å². The maximum absolute atomic E-state index is 14.2. The topological polar surface area (TPSA) is 119 Å². The van der Waals surface area contributed by atoms with E-state index in [9.17, 15) is 49.1 Å². The molecular formula is C20H27F7O8S. The van der Waals surface area contributed by atoms with Gasteiger partial charge in [0.15, 0.2) is 6.29 Å². The van der Waals surface area contributed by atoms with Crippen LogP contribution >= 0.6 is 0 Å². The second kappa shape index (κ2) is 9.50. The van der Waals surface area contributed by atoms with Gasteiger partial charge in [-0.3, -0.25) is 4.55 Å². The molecule has 0 heterocycles. The number of halogens is 7. The molecule has 2 N–H and O–H groups in total. The molecule has 0 spiro atoms. The van der Waals surface area contributed by atoms with E-state index in [4.69, 9.17) is 9.29 Å². The molecule has 0 aromatic carbocycles. The van der Waals surface area contributed by atoms with E-state index in [1.807, 2.05) is 0 Å². The average molecular weight is 560 g/mol. The number of hydrogen-bond acceptors (Lipinski definition) is 7. The first-order valence-corrected chi connectivity index (χ1v) is 12.7. The first-order chi connectivity index (χ1) is 16.3. The number of aliphatic hydroxyl groups excluding tert-OH is 1. The van der Waals surface area contributed by atoms with Crippen molar-refractivity contribution in [2.75, 3.05) is 13.2 Å². The Kier molecular flexibility index (Phi) is 7.74. The van der Waals surface area contributed by atoms with E-state index in [1.165, 1.54) is 0 Å². The minimum absolute atomic E-state index is 0.125. The molecule has 0 amide bonds. The van der Waals surface area contributed by atoms with Gasteiger partial charge in [0.2, 0.25) is 0 Å². The van der Waals surface area contributed by atoms with Crippen molar-refractivity contribution in [1.82, 2.24) is 0 Å². The summed E-state index contributed by atoms with van der Waals surface area (Å²) in [4.78, 5) is 12.4. The number of hydrogen-bond donors (Lipinski definition) is 2. The Labute approximate surface area is 202 Å². The molecule has 36 heavy (non-hydrogen) atoms. The minimum Gasteiger partial charge on any atom is -0.462 e. The standard InChI is InChI=1S/C20H27F7O8S/c1-2-33-15(29)18(19(23,24)25,34-4-3-17(21,22)20(26,27)36(30,31)32)35-14(28)16-8-11-5-12(9-16)7-13(6-11)10-16/h11-14,28H,2-10H2,1H3,(H,30,31,32). The second-order valence-corrected chi connectivity index (χ2v) is 11.3. The van der Waals surface area contributed by atoms with E-state index in [2.05, 4.69) is 9.47 Å². The number of rotatable bonds is 11. The number of esters is 1. The molecule has 2 atom stereocenters. The highest BCUT2D eigenvalue weighted by Gasteiger charge is 2.70. The van der Waals surface area contributed by atoms with Crippen LogP contribution in [0.15, 0.2) is 0 Å². The summed E-state index contributed by atoms with van der Waals surface area (Å²) >= 11 is 0. The van der Waals surface area contributed by atoms with Crippen LogP contribution in [0.25, 0.3) is 0 Å². The van der Waals surface area contributed by atoms with Crippen LogP contribution in [-0.4, -0.2) is 66.7 Å². The molecule has 4 aliphatic carbocycles. The SMILES string of the molecule is CCOC(=O)C(OCCC(F)(F)C(F)(F)S(=O)(=O)O)(OC(O)C12CC3CC(CC(C3)C1)C2)C(F)(F)F. The van der Waals surface area contributed by atoms with Crippen molar-refractivity contribution >= 4 is 16.1 Å². The molecular weight excluding hydrogens is 533 g/mol. The minimum atomic E-state index is -6.65. The number of aliphatic hydroxyl groups is 1. The Hall–Kier alpha value is -1.23. The van der Waals surface area contributed by atoms with Crippen LogP contribution in [0.5, 0.6) is 0 Å². The lowest BCUT2D eigenvalue weighted by Crippen LogP contribution is -2.62. The molecule has 210 valence electrons. The lowest BCUT2D eigenvalue weighted by Gasteiger charge is -2.58. The van der Waals surface area contributed by atoms with Crippen LogP contribution in [-0.2, 0) is 29.1 Å². The number of carbonyl (C=O) groups is 1. The molecule has 0 saturated heterocycles. The predicted molar refractivity (Wildman–Crippen MR) is 105 cm³/mol. The molecule has 2 unspecified atom stereocenters. The summed E-state index contributed by atoms with van der Waals surface area (Å²) < 4.78 is 140. The van der Waals surface area contributed by atoms with E-state index in [-0.39, 0.29) is 17.8 Å². The zero-order valence-electron chi connectivity index (χ0n) is 19.1. The van der Waals surface area contributed by atoms with E-state index in [1.54, 1.807) is 0 Å². The number of carbonyl (C=O) groups excluding carboxylic acids is 1. The Morgan fingerprint density at radius 3 is 1.86 bits per heavy atom. The van der Waals surface area contributed by atoms with Gasteiger partial charge in [0.1, 0.15) is 0 Å². The van der Waals surface area contributed by atoms with Crippen molar-refractivity contribution in [2.45, 2.75) is 81.3 Å². The molecule has 4 rings (SSSR count). The smallest absolute Gasteiger partial charge is 0.455 e. The van der Waals surface area contributed by atoms with Gasteiger partial charge in [-0.05, 0) is 63.2 Å². The quantitative estimate of drug-likeness (QED) is 0.169. The van der Waals surface area contributed by atoms with Gasteiger partial charge in [-0.25, -0.2) is 4.79 Å². The number of alkyl halides is 7. The van der Waals surface area contributed by atoms with Crippen molar-refractivity contribution in [2.24, 2.45) is 23.2 Å². The Balaban J connectivity index is 1.87. The first-order valence-electron chi connectivity index (χ1n) is 11.3. The summed E-state index contributed by atoms with van der Waals surface area (Å²) in [6, 6.07) is 0. The third kappa shape index (κ3) is 5.07. The summed E-state index contributed by atoms with van der Waals surface area (Å²) in [7, 11) is -6.65. The van der Waals surface area contributed by atoms with Crippen molar-refractivity contribution in [1.29, 1.82) is 0 Å². The van der Waals surface area contributed by atoms with Gasteiger partial charge in [0, 0.05) is 11.8 Å². The van der Waals surface area contributed by atoms with Crippen molar-refractivity contribution in [3.8, 4) is 0 Å². The molecule has 0 aromatic heterocycles. The van der Waals surface area contributed by atoms with Gasteiger partial charge in [-0.2, -0.15) is 39.2 Å². The van der Waals surface area contributed by atoms with E-state index in [0.717, 1.165) is 26.2 Å². The maximum Gasteiger partial charge on any atom is 0.455 e. The van der Waals surface area contributed by atoms with Crippen LogP contribution in [0.4, 0.5) is 30.7 Å². The zero-order chi connectivity index (χ0) is 27.4. The highest BCUT2D eigenvalue weighted by Crippen LogP contribution is 2.62. The van der Waals surface area contributed by atoms with Crippen LogP contribution in [0.2, 0.25) is 0 Å². The van der Waals surface area contributed by atoms with Gasteiger partial charge in [-0.15, -0.1) is 0 Å². The molecule has 0 radical (unpaired) electrons. The van der Waals surface area contributed by atoms with Crippen LogP contribution < -0.4 is 0 Å². The van der Waals surface area contributed by atoms with E-state index in [0.29, 0.717) is 19.3 Å². The average Bonchev–Trinajstić information content (AvgIpc) is 2.70. The fourth-order valence-electron chi connectivity index (χ4n) is 6.05. The first kappa shape index (κ1) is 29.3. The fraction of sp³-hybridized carbons (Fsp3) is 0.950. The third-order valence-electron chi connectivity index (χ3n) is 7.28. The van der Waals surface area contributed by atoms with Gasteiger partial charge < -0.3 is 19.3 Å². The van der Waals surface area contributed by atoms with Crippen LogP contribution in [0.3, 0.4) is 0 Å². The Morgan fingerprint density at radius 2 is 1.47 bits per heavy atom. The molecule has 4 fully saturated rings. The van der Waals surface area contributed by atoms with Crippen LogP contribution in [0.1, 0.15) is 51.9 Å². The molecule has 0 aromatic rings. The summed E-state index contributed by atoms with van der Waals surface area (Å²) in [5.74, 6) is -11.9. The predicted octanol–water partition coefficient (Wildman–Crippen LogP) is 3.88. The van der Waals surface area contributed by atoms with Crippen molar-refractivity contribution < 1.29 is 67.8 Å². The Bertz CT molecular complexity index is 904. The summed E-state index contributed by atoms with van der Waals surface area (Å²) in [6.07, 6.45) is -7.03. The van der Waals surface area contributed by atoms with Gasteiger partial charge >= 0.3 is 39.2 Å². The highest BCUT2D eigenvalue weighted by molar-refractivity contribution is 7.87. The normalized spacial score (nSPS) is 31.2. The molecule has 8 nitrogen and oxygen atoms in total. The summed E-state index contributed by atoms with van der Waals surface area (Å²) in [6.45, 7) is -1.51. The van der Waals surface area contributed by atoms with Gasteiger partial charge in [0.05, 0.1) is 13.2 Å². The largest absolute Gasteiger partial charge is 0.462 e. The lowest BCUT2D eigenvalue weighted by atomic mass is 9.49. The fourth-order valence-corrected chi connectivity index (χ4v) is 6.53. The lowest BCUT2D eigenvalue weighted by molar-refractivity contribution is -0.413. The van der Waals surface area contributed by atoms with Gasteiger partial charge in [-0.1, -0.05) is 0 Å². The van der Waals surface area contributed by atoms with Crippen LogP contribution in [0, 0.1) is 23.2 Å². The van der Waals surface area contributed by atoms with Gasteiger partial charge in [0.25, 0.3) is 0 Å². The molecule has 4 aliphatic rings. The molecule has 4 bridgehead atoms. The second-order valence-electron chi connectivity index (χ2n) is 9.88. The summed E-state index contributed by atoms with van der Waals surface area (Å²) in [5.41, 5.74) is -1.16. The molecule has 16 heteroatoms. The highest BCUT2D eigenvalue weighted by atomic mass is 32.2. The van der Waals surface area contributed by atoms with Crippen molar-refractivity contribution in [3.05, 3.63) is 0 Å². The monoisotopic (exact) mass is 560 g/mol. The summed E-state index contributed by atoms with van der Waals surface area (Å²) in [5, 5.41) is 4.77. The maximum atomic E-state index is 14.2. The molecule has 0 aliphatic heterocycles. The third-order valence-corrected chi connectivity index (χ3v) is 8.22. The molecule has 4 saturated carbocycles. The zero-order valence-corrected chi connectivity index (χ0v) is 19.9. The Morgan fingerprint density at radius 1 is 1.00 bits per heavy atom. The van der Waals surface area contributed by atoms with Crippen molar-refractivity contribution in [3.63, 3.8) is 0 Å². The van der Waals surface area contributed by atoms with E-state index >= 15 is 0 Å². The number of ether oxygens (including phenoxy) is 3.